The third-order valence-corrected chi connectivity index (χ3v) is 7.26. The van der Waals surface area contributed by atoms with Crippen LogP contribution in [0.3, 0.4) is 0 Å². The van der Waals surface area contributed by atoms with Gasteiger partial charge in [0, 0.05) is 57.4 Å². The largest absolute Gasteiger partial charge is 0.444 e. The van der Waals surface area contributed by atoms with Gasteiger partial charge in [0.1, 0.15) is 17.5 Å². The zero-order valence-electron chi connectivity index (χ0n) is 34.5. The lowest BCUT2D eigenvalue weighted by Crippen LogP contribution is -2.56. The zero-order valence-corrected chi connectivity index (χ0v) is 34.5. The lowest BCUT2D eigenvalue weighted by atomic mass is 10.1. The molecule has 0 radical (unpaired) electrons. The van der Waals surface area contributed by atoms with E-state index in [4.69, 9.17) is 20.1 Å². The fourth-order valence-corrected chi connectivity index (χ4v) is 4.76. The first-order chi connectivity index (χ1) is 28.7. The summed E-state index contributed by atoms with van der Waals surface area (Å²) in [5, 5.41) is 59.0. The number of nitrogens with zero attached hydrogens (tertiary/aromatic N) is 16. The number of piperazine rings is 2. The standard InChI is InChI=1S/C17H26N2O3.C10H20N2O3.C7H6O.H3N15/c1-17(2,3)22-16(21)19-10-9-18(15(12-19)13-20)11-14-7-5-4-6-8-14;1-10(2,3)15-9(14)12-5-4-11-8(6-12)7-13;8-6-7-4-2-1-3-5-7;1-3-5-7-9-11-13-15-14-12-10-8-6-4-2/h4-8,15,20H,9-13H2,1-3H3;8,11,13H,4-7H2,1-3H3;1-6H;(H3,1,2,5,6,9,10,13,14)/t15-;8-;;/m00../s1. The topological polar surface area (TPSA) is 342 Å². The van der Waals surface area contributed by atoms with Crippen molar-refractivity contribution in [1.29, 1.82) is 5.53 Å². The van der Waals surface area contributed by atoms with Crippen molar-refractivity contribution in [3.8, 4) is 0 Å². The molecule has 2 aliphatic rings. The van der Waals surface area contributed by atoms with E-state index >= 15 is 0 Å². The summed E-state index contributed by atoms with van der Waals surface area (Å²) >= 11 is 0. The zero-order chi connectivity index (χ0) is 44.7. The van der Waals surface area contributed by atoms with Crippen molar-refractivity contribution >= 4 is 18.5 Å². The first-order valence-corrected chi connectivity index (χ1v) is 18.3. The fraction of sp³-hybridized carbons (Fsp3) is 0.559. The van der Waals surface area contributed by atoms with Gasteiger partial charge >= 0.3 is 12.2 Å². The highest BCUT2D eigenvalue weighted by molar-refractivity contribution is 5.74. The van der Waals surface area contributed by atoms with Crippen LogP contribution >= 0.6 is 0 Å². The number of hydrogen-bond donors (Lipinski definition) is 5. The quantitative estimate of drug-likeness (QED) is 0.0773. The van der Waals surface area contributed by atoms with Gasteiger partial charge in [0.05, 0.1) is 19.3 Å². The van der Waals surface area contributed by atoms with Crippen LogP contribution in [0, 0.1) is 5.53 Å². The van der Waals surface area contributed by atoms with Crippen molar-refractivity contribution in [3.63, 3.8) is 0 Å². The lowest BCUT2D eigenvalue weighted by Gasteiger charge is -2.40. The van der Waals surface area contributed by atoms with Gasteiger partial charge in [-0.15, -0.1) is 0 Å². The number of aliphatic hydroxyl groups is 2. The Morgan fingerprint density at radius 3 is 1.65 bits per heavy atom. The molecule has 0 spiro atoms. The summed E-state index contributed by atoms with van der Waals surface area (Å²) in [5.74, 6) is 4.57. The van der Waals surface area contributed by atoms with Crippen molar-refractivity contribution in [3.05, 3.63) is 71.8 Å². The summed E-state index contributed by atoms with van der Waals surface area (Å²) < 4.78 is 10.7. The van der Waals surface area contributed by atoms with Gasteiger partial charge in [-0.25, -0.2) is 9.59 Å². The van der Waals surface area contributed by atoms with E-state index in [1.54, 1.807) is 21.9 Å². The third kappa shape index (κ3) is 25.0. The van der Waals surface area contributed by atoms with Gasteiger partial charge in [0.25, 0.3) is 0 Å². The van der Waals surface area contributed by atoms with Crippen molar-refractivity contribution in [2.45, 2.75) is 71.4 Å². The molecule has 0 unspecified atom stereocenters. The second kappa shape index (κ2) is 29.7. The van der Waals surface area contributed by atoms with E-state index in [1.165, 1.54) is 5.56 Å². The van der Waals surface area contributed by atoms with Gasteiger partial charge in [-0.05, 0) is 110 Å². The summed E-state index contributed by atoms with van der Waals surface area (Å²) in [7, 11) is 0. The van der Waals surface area contributed by atoms with Crippen LogP contribution in [0.25, 0.3) is 0 Å². The van der Waals surface area contributed by atoms with Crippen LogP contribution in [0.1, 0.15) is 57.5 Å². The van der Waals surface area contributed by atoms with Crippen LogP contribution in [0.15, 0.2) is 129 Å². The van der Waals surface area contributed by atoms with E-state index in [0.29, 0.717) is 32.7 Å². The number of nitrogens with one attached hydrogen (secondary N) is 2. The predicted molar refractivity (Wildman–Crippen MR) is 213 cm³/mol. The molecule has 0 saturated carbocycles. The number of aldehydes is 1. The number of nitrogens with two attached hydrogens (primary N) is 1. The molecule has 2 aromatic rings. The van der Waals surface area contributed by atoms with Gasteiger partial charge < -0.3 is 40.6 Å². The van der Waals surface area contributed by atoms with Gasteiger partial charge in [-0.1, -0.05) is 65.9 Å². The maximum Gasteiger partial charge on any atom is 0.410 e. The third-order valence-electron chi connectivity index (χ3n) is 7.26. The maximum absolute atomic E-state index is 12.1. The molecule has 2 saturated heterocycles. The molecule has 2 atom stereocenters. The van der Waals surface area contributed by atoms with Crippen LogP contribution in [-0.2, 0) is 16.0 Å². The Morgan fingerprint density at radius 2 is 1.22 bits per heavy atom. The summed E-state index contributed by atoms with van der Waals surface area (Å²) in [6, 6.07) is 19.2. The minimum atomic E-state index is -0.493. The minimum Gasteiger partial charge on any atom is -0.444 e. The Kier molecular flexibility index (Phi) is 25.5. The number of benzene rings is 2. The average Bonchev–Trinajstić information content (AvgIpc) is 3.23. The molecule has 0 aliphatic carbocycles. The van der Waals surface area contributed by atoms with Crippen molar-refractivity contribution < 1.29 is 34.1 Å². The fourth-order valence-electron chi connectivity index (χ4n) is 4.76. The van der Waals surface area contributed by atoms with Gasteiger partial charge in [0.15, 0.2) is 0 Å². The van der Waals surface area contributed by atoms with Crippen molar-refractivity contribution in [2.75, 3.05) is 52.5 Å². The van der Waals surface area contributed by atoms with E-state index in [2.05, 4.69) is 96.1 Å². The monoisotopic (exact) mass is 841 g/mol. The van der Waals surface area contributed by atoms with Crippen LogP contribution in [0.2, 0.25) is 0 Å². The highest BCUT2D eigenvalue weighted by Gasteiger charge is 2.31. The Hall–Kier alpha value is -6.51. The number of carbonyl (C=O) groups excluding carboxylic acids is 3. The second-order valence-electron chi connectivity index (χ2n) is 14.2. The Bertz CT molecular complexity index is 1700. The molecule has 2 fully saturated rings. The molecule has 0 aromatic heterocycles. The van der Waals surface area contributed by atoms with E-state index in [9.17, 15) is 19.5 Å². The predicted octanol–water partition coefficient (Wildman–Crippen LogP) is 5.88. The molecule has 4 rings (SSSR count). The van der Waals surface area contributed by atoms with Crippen molar-refractivity contribution in [1.82, 2.24) is 20.0 Å². The lowest BCUT2D eigenvalue weighted by molar-refractivity contribution is -0.00614. The highest BCUT2D eigenvalue weighted by atomic mass is 16.6. The summed E-state index contributed by atoms with van der Waals surface area (Å²) in [5.41, 5.74) is 7.15. The minimum absolute atomic E-state index is 0.0339. The second-order valence-corrected chi connectivity index (χ2v) is 14.2. The van der Waals surface area contributed by atoms with E-state index in [1.807, 2.05) is 77.9 Å². The first-order valence-electron chi connectivity index (χ1n) is 18.3. The molecular weight excluding hydrogens is 786 g/mol. The molecule has 6 N–H and O–H groups in total. The Morgan fingerprint density at radius 1 is 0.733 bits per heavy atom. The van der Waals surface area contributed by atoms with Gasteiger partial charge in [-0.2, -0.15) is 5.53 Å². The van der Waals surface area contributed by atoms with Crippen LogP contribution < -0.4 is 11.2 Å². The van der Waals surface area contributed by atoms with E-state index in [-0.39, 0.29) is 37.5 Å². The Labute approximate surface area is 347 Å². The van der Waals surface area contributed by atoms with E-state index in [0.717, 1.165) is 24.9 Å². The molecule has 2 aromatic carbocycles. The molecule has 2 heterocycles. The van der Waals surface area contributed by atoms with Gasteiger partial charge in [0.2, 0.25) is 0 Å². The smallest absolute Gasteiger partial charge is 0.410 e. The molecule has 60 heavy (non-hydrogen) atoms. The highest BCUT2D eigenvalue weighted by Crippen LogP contribution is 2.17. The molecule has 328 valence electrons. The molecule has 2 amide bonds. The van der Waals surface area contributed by atoms with Crippen LogP contribution in [0.4, 0.5) is 9.59 Å². The molecule has 26 nitrogen and oxygen atoms in total. The summed E-state index contributed by atoms with van der Waals surface area (Å²) in [6.07, 6.45) is 0.229. The van der Waals surface area contributed by atoms with E-state index < -0.39 is 11.2 Å². The number of aliphatic hydroxyl groups excluding tert-OH is 2. The average molecular weight is 842 g/mol. The summed E-state index contributed by atoms with van der Waals surface area (Å²) in [6.45, 7) is 15.7. The van der Waals surface area contributed by atoms with Crippen LogP contribution in [0.5, 0.6) is 0 Å². The maximum atomic E-state index is 12.1. The van der Waals surface area contributed by atoms with Crippen molar-refractivity contribution in [2.24, 2.45) is 73.7 Å². The number of hydrogen-bond acceptors (Lipinski definition) is 11. The molecular formula is C34H55N19O7. The Balaban J connectivity index is 0.000000421. The number of ether oxygens (including phenoxy) is 2. The molecule has 2 aliphatic heterocycles. The SMILES string of the molecule is CC(C)(C)OC(=O)N1CCN(Cc2ccccc2)[C@H](CO)C1.CC(C)(C)OC(=O)N1CCN[C@H](CO)C1.N=N/N=N/N=N/N=N/N=N/N=N/N=N/N.O=Cc1ccccc1. The summed E-state index contributed by atoms with van der Waals surface area (Å²) in [4.78, 5) is 39.4. The van der Waals surface area contributed by atoms with Gasteiger partial charge in [-0.3, -0.25) is 9.69 Å². The first kappa shape index (κ1) is 51.5. The molecule has 0 bridgehead atoms. The number of amides is 2. The number of rotatable bonds is 11. The number of carbonyl (C=O) groups is 3. The molecule has 26 heteroatoms. The van der Waals surface area contributed by atoms with Crippen LogP contribution in [-0.4, -0.2) is 119 Å². The normalized spacial score (nSPS) is 17.5.